The van der Waals surface area contributed by atoms with Crippen molar-refractivity contribution in [2.24, 2.45) is 5.14 Å². The molecule has 1 aliphatic carbocycles. The van der Waals surface area contributed by atoms with Crippen molar-refractivity contribution in [2.45, 2.75) is 31.2 Å². The molecule has 0 aromatic rings. The zero-order valence-electron chi connectivity index (χ0n) is 6.26. The lowest BCUT2D eigenvalue weighted by Crippen LogP contribution is -2.38. The van der Waals surface area contributed by atoms with E-state index < -0.39 is 28.6 Å². The fourth-order valence-electron chi connectivity index (χ4n) is 1.28. The summed E-state index contributed by atoms with van der Waals surface area (Å²) in [7, 11) is -3.84. The van der Waals surface area contributed by atoms with Crippen molar-refractivity contribution in [3.8, 4) is 0 Å². The number of hydrogen-bond donors (Lipinski definition) is 2. The summed E-state index contributed by atoms with van der Waals surface area (Å²) >= 11 is 0. The molecule has 3 N–H and O–H groups in total. The van der Waals surface area contributed by atoms with E-state index in [2.05, 4.69) is 5.14 Å². The Labute approximate surface area is 69.3 Å². The van der Waals surface area contributed by atoms with E-state index in [9.17, 15) is 17.2 Å². The average molecular weight is 200 g/mol. The summed E-state index contributed by atoms with van der Waals surface area (Å²) in [4.78, 5) is 0. The minimum absolute atomic E-state index is 0.142. The van der Waals surface area contributed by atoms with Gasteiger partial charge in [0.15, 0.2) is 0 Å². The molecule has 0 radical (unpaired) electrons. The van der Waals surface area contributed by atoms with E-state index in [0.717, 1.165) is 0 Å². The summed E-state index contributed by atoms with van der Waals surface area (Å²) in [5.41, 5.74) is 0. The summed E-state index contributed by atoms with van der Waals surface area (Å²) in [6.45, 7) is 0. The maximum atomic E-state index is 12.5. The van der Waals surface area contributed by atoms with E-state index in [1.54, 1.807) is 0 Å². The lowest BCUT2D eigenvalue weighted by atomic mass is 10.3. The van der Waals surface area contributed by atoms with Crippen LogP contribution in [-0.4, -0.2) is 20.4 Å². The second kappa shape index (κ2) is 2.90. The molecule has 7 heteroatoms. The van der Waals surface area contributed by atoms with Crippen LogP contribution in [0, 0.1) is 0 Å². The molecule has 0 spiro atoms. The molecule has 0 saturated heterocycles. The number of rotatable bonds is 2. The summed E-state index contributed by atoms with van der Waals surface area (Å²) in [5.74, 6) is -2.75. The van der Waals surface area contributed by atoms with Gasteiger partial charge in [0.25, 0.3) is 10.2 Å². The van der Waals surface area contributed by atoms with Gasteiger partial charge in [0.1, 0.15) is 0 Å². The molecule has 72 valence electrons. The van der Waals surface area contributed by atoms with Gasteiger partial charge >= 0.3 is 0 Å². The van der Waals surface area contributed by atoms with Crippen LogP contribution in [0.2, 0.25) is 0 Å². The molecule has 1 atom stereocenters. The molecule has 0 aliphatic heterocycles. The lowest BCUT2D eigenvalue weighted by molar-refractivity contribution is 0.00761. The average Bonchev–Trinajstić information content (AvgIpc) is 2.05. The molecule has 1 saturated carbocycles. The van der Waals surface area contributed by atoms with Crippen molar-refractivity contribution in [3.05, 3.63) is 0 Å². The smallest absolute Gasteiger partial charge is 0.216 e. The summed E-state index contributed by atoms with van der Waals surface area (Å²) in [6, 6.07) is -0.713. The van der Waals surface area contributed by atoms with Crippen LogP contribution >= 0.6 is 0 Å². The highest BCUT2D eigenvalue weighted by molar-refractivity contribution is 7.87. The Morgan fingerprint density at radius 3 is 2.42 bits per heavy atom. The lowest BCUT2D eigenvalue weighted by Gasteiger charge is -2.10. The van der Waals surface area contributed by atoms with Crippen molar-refractivity contribution in [3.63, 3.8) is 0 Å². The molecular formula is C5H10F2N2O2S. The van der Waals surface area contributed by atoms with E-state index in [4.69, 9.17) is 0 Å². The first-order chi connectivity index (χ1) is 5.29. The highest BCUT2D eigenvalue weighted by Gasteiger charge is 2.40. The highest BCUT2D eigenvalue weighted by Crippen LogP contribution is 2.34. The van der Waals surface area contributed by atoms with Crippen LogP contribution < -0.4 is 9.86 Å². The van der Waals surface area contributed by atoms with Crippen LogP contribution in [0.15, 0.2) is 0 Å². The van der Waals surface area contributed by atoms with Crippen LogP contribution in [0.3, 0.4) is 0 Å². The standard InChI is InChI=1S/C5H10F2N2O2S/c6-5(7)2-1-4(3-5)9-12(8,10)11/h4,9H,1-3H2,(H2,8,10,11). The predicted octanol–water partition coefficient (Wildman–Crippen LogP) is -0.0327. The fraction of sp³-hybridized carbons (Fsp3) is 1.00. The molecule has 1 aliphatic rings. The molecule has 0 heterocycles. The van der Waals surface area contributed by atoms with Gasteiger partial charge in [0.05, 0.1) is 0 Å². The number of halogens is 2. The molecule has 12 heavy (non-hydrogen) atoms. The summed E-state index contributed by atoms with van der Waals surface area (Å²) < 4.78 is 47.8. The van der Waals surface area contributed by atoms with E-state index in [0.29, 0.717) is 0 Å². The third kappa shape index (κ3) is 3.00. The Bertz CT molecular complexity index is 265. The van der Waals surface area contributed by atoms with E-state index in [1.165, 1.54) is 0 Å². The van der Waals surface area contributed by atoms with Gasteiger partial charge in [-0.25, -0.2) is 13.9 Å². The fourth-order valence-corrected chi connectivity index (χ4v) is 1.95. The summed E-state index contributed by atoms with van der Waals surface area (Å²) in [6.07, 6.45) is -0.590. The maximum absolute atomic E-state index is 12.5. The molecule has 0 aromatic carbocycles. The largest absolute Gasteiger partial charge is 0.274 e. The molecule has 1 unspecified atom stereocenters. The topological polar surface area (TPSA) is 72.2 Å². The Morgan fingerprint density at radius 2 is 2.08 bits per heavy atom. The number of alkyl halides is 2. The SMILES string of the molecule is NS(=O)(=O)NC1CCC(F)(F)C1. The highest BCUT2D eigenvalue weighted by atomic mass is 32.2. The second-order valence-corrected chi connectivity index (χ2v) is 4.28. The van der Waals surface area contributed by atoms with Gasteiger partial charge in [-0.05, 0) is 6.42 Å². The first-order valence-corrected chi connectivity index (χ1v) is 5.01. The van der Waals surface area contributed by atoms with Gasteiger partial charge in [-0.3, -0.25) is 0 Å². The second-order valence-electron chi connectivity index (χ2n) is 2.96. The minimum atomic E-state index is -3.84. The van der Waals surface area contributed by atoms with Crippen molar-refractivity contribution in [2.75, 3.05) is 0 Å². The van der Waals surface area contributed by atoms with Crippen molar-refractivity contribution in [1.82, 2.24) is 4.72 Å². The molecule has 4 nitrogen and oxygen atoms in total. The number of hydrogen-bond acceptors (Lipinski definition) is 2. The quantitative estimate of drug-likeness (QED) is 0.656. The Morgan fingerprint density at radius 1 is 1.50 bits per heavy atom. The van der Waals surface area contributed by atoms with Gasteiger partial charge in [-0.15, -0.1) is 0 Å². The third-order valence-electron chi connectivity index (χ3n) is 1.73. The van der Waals surface area contributed by atoms with Crippen molar-refractivity contribution >= 4 is 10.2 Å². The van der Waals surface area contributed by atoms with Gasteiger partial charge in [0.2, 0.25) is 5.92 Å². The first-order valence-electron chi connectivity index (χ1n) is 3.46. The zero-order chi connectivity index (χ0) is 9.41. The van der Waals surface area contributed by atoms with Crippen LogP contribution in [0.5, 0.6) is 0 Å². The molecule has 0 bridgehead atoms. The maximum Gasteiger partial charge on any atom is 0.274 e. The first kappa shape index (κ1) is 9.82. The van der Waals surface area contributed by atoms with Gasteiger partial charge in [-0.1, -0.05) is 0 Å². The molecule has 0 aromatic heterocycles. The van der Waals surface area contributed by atoms with E-state index in [1.807, 2.05) is 4.72 Å². The van der Waals surface area contributed by atoms with Crippen LogP contribution in [0.1, 0.15) is 19.3 Å². The number of nitrogens with one attached hydrogen (secondary N) is 1. The van der Waals surface area contributed by atoms with Crippen molar-refractivity contribution in [1.29, 1.82) is 0 Å². The Kier molecular flexibility index (Phi) is 2.37. The van der Waals surface area contributed by atoms with E-state index >= 15 is 0 Å². The Hall–Kier alpha value is -0.270. The van der Waals surface area contributed by atoms with Crippen molar-refractivity contribution < 1.29 is 17.2 Å². The van der Waals surface area contributed by atoms with Gasteiger partial charge < -0.3 is 0 Å². The number of nitrogens with two attached hydrogens (primary N) is 1. The molecular weight excluding hydrogens is 190 g/mol. The normalized spacial score (nSPS) is 29.1. The minimum Gasteiger partial charge on any atom is -0.216 e. The molecule has 1 fully saturated rings. The van der Waals surface area contributed by atoms with E-state index in [-0.39, 0.29) is 12.8 Å². The monoisotopic (exact) mass is 200 g/mol. The summed E-state index contributed by atoms with van der Waals surface area (Å²) in [5, 5.41) is 4.62. The van der Waals surface area contributed by atoms with Crippen LogP contribution in [0.25, 0.3) is 0 Å². The zero-order valence-corrected chi connectivity index (χ0v) is 7.07. The van der Waals surface area contributed by atoms with Crippen LogP contribution in [0.4, 0.5) is 8.78 Å². The van der Waals surface area contributed by atoms with Gasteiger partial charge in [0, 0.05) is 18.9 Å². The Balaban J connectivity index is 2.49. The third-order valence-corrected chi connectivity index (χ3v) is 2.40. The predicted molar refractivity (Wildman–Crippen MR) is 38.8 cm³/mol. The van der Waals surface area contributed by atoms with Crippen LogP contribution in [-0.2, 0) is 10.2 Å². The van der Waals surface area contributed by atoms with Gasteiger partial charge in [-0.2, -0.15) is 13.1 Å². The molecule has 1 rings (SSSR count). The molecule has 0 amide bonds.